The quantitative estimate of drug-likeness (QED) is 0.852. The minimum absolute atomic E-state index is 0.0743. The van der Waals surface area contributed by atoms with Crippen LogP contribution in [0.3, 0.4) is 0 Å². The monoisotopic (exact) mass is 302 g/mol. The molecule has 1 aromatic rings. The zero-order valence-corrected chi connectivity index (χ0v) is 12.7. The predicted octanol–water partition coefficient (Wildman–Crippen LogP) is 1.88. The van der Waals surface area contributed by atoms with Gasteiger partial charge < -0.3 is 14.4 Å². The van der Waals surface area contributed by atoms with Crippen molar-refractivity contribution in [1.29, 1.82) is 0 Å². The molecule has 22 heavy (non-hydrogen) atoms. The van der Waals surface area contributed by atoms with E-state index in [1.165, 1.54) is 12.8 Å². The number of hydrogen-bond donors (Lipinski definition) is 0. The van der Waals surface area contributed by atoms with Crippen LogP contribution in [0.25, 0.3) is 0 Å². The lowest BCUT2D eigenvalue weighted by Crippen LogP contribution is -2.36. The van der Waals surface area contributed by atoms with E-state index in [1.807, 2.05) is 4.90 Å². The maximum Gasteiger partial charge on any atom is 0.254 e. The van der Waals surface area contributed by atoms with Crippen LogP contribution in [0, 0.1) is 5.92 Å². The molecule has 2 aliphatic heterocycles. The van der Waals surface area contributed by atoms with Crippen LogP contribution in [-0.2, 0) is 9.47 Å². The van der Waals surface area contributed by atoms with Crippen molar-refractivity contribution in [2.45, 2.75) is 37.4 Å². The molecule has 0 N–H and O–H groups in total. The largest absolute Gasteiger partial charge is 0.375 e. The molecule has 5 nitrogen and oxygen atoms in total. The van der Waals surface area contributed by atoms with Gasteiger partial charge in [0.15, 0.2) is 0 Å². The Morgan fingerprint density at radius 1 is 1.41 bits per heavy atom. The predicted molar refractivity (Wildman–Crippen MR) is 80.5 cm³/mol. The number of carbonyl (C=O) groups is 1. The molecule has 3 fully saturated rings. The van der Waals surface area contributed by atoms with Crippen molar-refractivity contribution in [1.82, 2.24) is 9.88 Å². The summed E-state index contributed by atoms with van der Waals surface area (Å²) in [5, 5.41) is 0. The summed E-state index contributed by atoms with van der Waals surface area (Å²) >= 11 is 0. The van der Waals surface area contributed by atoms with Crippen molar-refractivity contribution in [2.75, 3.05) is 26.3 Å². The van der Waals surface area contributed by atoms with E-state index in [1.54, 1.807) is 24.5 Å². The van der Waals surface area contributed by atoms with Crippen LogP contribution in [0.2, 0.25) is 0 Å². The van der Waals surface area contributed by atoms with Gasteiger partial charge in [-0.25, -0.2) is 0 Å². The smallest absolute Gasteiger partial charge is 0.254 e. The molecule has 0 bridgehead atoms. The molecule has 3 aliphatic rings. The lowest BCUT2D eigenvalue weighted by Gasteiger charge is -2.23. The Bertz CT molecular complexity index is 546. The molecule has 1 aliphatic carbocycles. The number of amides is 1. The molecule has 2 atom stereocenters. The van der Waals surface area contributed by atoms with Crippen molar-refractivity contribution in [3.8, 4) is 0 Å². The zero-order valence-electron chi connectivity index (χ0n) is 12.7. The Kier molecular flexibility index (Phi) is 3.62. The highest BCUT2D eigenvalue weighted by Crippen LogP contribution is 2.38. The van der Waals surface area contributed by atoms with E-state index in [-0.39, 0.29) is 17.6 Å². The summed E-state index contributed by atoms with van der Waals surface area (Å²) in [6.45, 7) is 2.99. The molecular weight excluding hydrogens is 280 g/mol. The van der Waals surface area contributed by atoms with E-state index in [0.717, 1.165) is 31.9 Å². The number of nitrogens with zero attached hydrogens (tertiary/aromatic N) is 2. The van der Waals surface area contributed by atoms with Crippen LogP contribution in [0.4, 0.5) is 0 Å². The first-order valence-electron chi connectivity index (χ1n) is 8.19. The number of likely N-dealkylation sites (tertiary alicyclic amines) is 1. The molecule has 0 unspecified atom stereocenters. The van der Waals surface area contributed by atoms with Gasteiger partial charge in [0.05, 0.1) is 24.9 Å². The highest BCUT2D eigenvalue weighted by Gasteiger charge is 2.47. The van der Waals surface area contributed by atoms with E-state index in [9.17, 15) is 4.79 Å². The van der Waals surface area contributed by atoms with Crippen LogP contribution in [0.5, 0.6) is 0 Å². The number of hydrogen-bond acceptors (Lipinski definition) is 4. The second-order valence-electron chi connectivity index (χ2n) is 6.81. The lowest BCUT2D eigenvalue weighted by atomic mass is 9.98. The number of rotatable bonds is 4. The molecule has 4 rings (SSSR count). The van der Waals surface area contributed by atoms with E-state index in [2.05, 4.69) is 4.98 Å². The topological polar surface area (TPSA) is 51.7 Å². The molecule has 2 saturated heterocycles. The van der Waals surface area contributed by atoms with Crippen LogP contribution >= 0.6 is 0 Å². The number of carbonyl (C=O) groups excluding carboxylic acids is 1. The highest BCUT2D eigenvalue weighted by atomic mass is 16.6. The van der Waals surface area contributed by atoms with Gasteiger partial charge in [-0.3, -0.25) is 9.78 Å². The molecule has 1 aromatic heterocycles. The standard InChI is InChI=1S/C17H22N2O3/c20-16(14-3-6-18-7-4-14)19-8-5-17(12-19)9-15(11-22-17)21-10-13-1-2-13/h3-4,6-7,13,15H,1-2,5,8-12H2/t15-,17-/m1/s1. The molecular formula is C17H22N2O3. The molecule has 1 saturated carbocycles. The van der Waals surface area contributed by atoms with Gasteiger partial charge in [-0.15, -0.1) is 0 Å². The summed E-state index contributed by atoms with van der Waals surface area (Å²) in [5.74, 6) is 0.857. The third-order valence-electron chi connectivity index (χ3n) is 4.97. The number of ether oxygens (including phenoxy) is 2. The SMILES string of the molecule is O=C(c1ccncc1)N1CC[C@@]2(C[C@@H](OCC3CC3)CO2)C1. The zero-order chi connectivity index (χ0) is 15.0. The Hall–Kier alpha value is -1.46. The summed E-state index contributed by atoms with van der Waals surface area (Å²) in [7, 11) is 0. The van der Waals surface area contributed by atoms with Crippen molar-refractivity contribution >= 4 is 5.91 Å². The third kappa shape index (κ3) is 2.88. The fourth-order valence-electron chi connectivity index (χ4n) is 3.45. The van der Waals surface area contributed by atoms with Gasteiger partial charge in [-0.05, 0) is 37.3 Å². The molecule has 0 radical (unpaired) electrons. The molecule has 1 spiro atoms. The van der Waals surface area contributed by atoms with Gasteiger partial charge in [0.25, 0.3) is 5.91 Å². The van der Waals surface area contributed by atoms with Crippen molar-refractivity contribution in [3.63, 3.8) is 0 Å². The third-order valence-corrected chi connectivity index (χ3v) is 4.97. The highest BCUT2D eigenvalue weighted by molar-refractivity contribution is 5.94. The van der Waals surface area contributed by atoms with Gasteiger partial charge in [0, 0.05) is 37.5 Å². The van der Waals surface area contributed by atoms with Gasteiger partial charge in [0.2, 0.25) is 0 Å². The fourth-order valence-corrected chi connectivity index (χ4v) is 3.45. The Morgan fingerprint density at radius 3 is 3.00 bits per heavy atom. The van der Waals surface area contributed by atoms with E-state index >= 15 is 0 Å². The molecule has 1 amide bonds. The normalized spacial score (nSPS) is 31.1. The Labute approximate surface area is 130 Å². The minimum atomic E-state index is -0.184. The van der Waals surface area contributed by atoms with Crippen molar-refractivity contribution in [3.05, 3.63) is 30.1 Å². The second kappa shape index (κ2) is 5.63. The molecule has 118 valence electrons. The fraction of sp³-hybridized carbons (Fsp3) is 0.647. The Morgan fingerprint density at radius 2 is 2.23 bits per heavy atom. The average Bonchev–Trinajstić information content (AvgIpc) is 3.18. The second-order valence-corrected chi connectivity index (χ2v) is 6.81. The van der Waals surface area contributed by atoms with Crippen LogP contribution in [-0.4, -0.2) is 53.8 Å². The number of aromatic nitrogens is 1. The summed E-state index contributed by atoms with van der Waals surface area (Å²) in [5.41, 5.74) is 0.517. The maximum absolute atomic E-state index is 12.5. The Balaban J connectivity index is 1.34. The van der Waals surface area contributed by atoms with E-state index in [4.69, 9.17) is 9.47 Å². The summed E-state index contributed by atoms with van der Waals surface area (Å²) in [6.07, 6.45) is 7.98. The van der Waals surface area contributed by atoms with Crippen molar-refractivity contribution < 1.29 is 14.3 Å². The van der Waals surface area contributed by atoms with E-state index < -0.39 is 0 Å². The van der Waals surface area contributed by atoms with Crippen LogP contribution in [0.1, 0.15) is 36.0 Å². The first kappa shape index (κ1) is 14.2. The molecule has 0 aromatic carbocycles. The van der Waals surface area contributed by atoms with Gasteiger partial charge in [-0.1, -0.05) is 0 Å². The molecule has 3 heterocycles. The molecule has 5 heteroatoms. The average molecular weight is 302 g/mol. The maximum atomic E-state index is 12.5. The first-order valence-corrected chi connectivity index (χ1v) is 8.19. The summed E-state index contributed by atoms with van der Waals surface area (Å²) in [4.78, 5) is 18.4. The lowest BCUT2D eigenvalue weighted by molar-refractivity contribution is 0.00157. The first-order chi connectivity index (χ1) is 10.7. The summed E-state index contributed by atoms with van der Waals surface area (Å²) < 4.78 is 12.0. The van der Waals surface area contributed by atoms with Crippen LogP contribution in [0.15, 0.2) is 24.5 Å². The number of pyridine rings is 1. The summed E-state index contributed by atoms with van der Waals surface area (Å²) in [6, 6.07) is 3.54. The van der Waals surface area contributed by atoms with Gasteiger partial charge in [-0.2, -0.15) is 0 Å². The van der Waals surface area contributed by atoms with Gasteiger partial charge in [0.1, 0.15) is 0 Å². The van der Waals surface area contributed by atoms with Gasteiger partial charge >= 0.3 is 0 Å². The van der Waals surface area contributed by atoms with Crippen molar-refractivity contribution in [2.24, 2.45) is 5.92 Å². The minimum Gasteiger partial charge on any atom is -0.375 e. The van der Waals surface area contributed by atoms with E-state index in [0.29, 0.717) is 18.7 Å². The van der Waals surface area contributed by atoms with Crippen LogP contribution < -0.4 is 0 Å².